The monoisotopic (exact) mass is 475 g/mol. The first kappa shape index (κ1) is 25.3. The molecule has 5 atom stereocenters. The van der Waals surface area contributed by atoms with E-state index in [9.17, 15) is 4.79 Å². The highest BCUT2D eigenvalue weighted by molar-refractivity contribution is 6.39. The molecule has 0 aliphatic carbocycles. The largest absolute Gasteiger partial charge is 0.481 e. The van der Waals surface area contributed by atoms with Crippen LogP contribution in [0.15, 0.2) is 42.5 Å². The molecule has 0 bridgehead atoms. The number of carbonyl (C=O) groups is 1. The number of anilines is 2. The standard InChI is InChI=1S/C14H11Cl2NO2.C6H12O6/c15-10-5-3-6-11(16)14(10)17-12-7-2-1-4-9(12)8-13(18)19;7-1-2-3(8)4(9)5(10)6(11)12-2/h1-7,17H,8H2,(H,18,19);2-11H,1H2/t;2-,3-,4+,5-,6?/m.1/s1. The Kier molecular flexibility index (Phi) is 9.48. The normalized spacial score (nSPS) is 25.3. The van der Waals surface area contributed by atoms with Crippen LogP contribution in [0.25, 0.3) is 0 Å². The smallest absolute Gasteiger partial charge is 0.307 e. The molecule has 1 heterocycles. The number of carboxylic acid groups (broad SMARTS) is 1. The Morgan fingerprint density at radius 3 is 2.13 bits per heavy atom. The van der Waals surface area contributed by atoms with E-state index >= 15 is 0 Å². The van der Waals surface area contributed by atoms with Crippen molar-refractivity contribution < 1.29 is 40.2 Å². The molecule has 1 unspecified atom stereocenters. The predicted molar refractivity (Wildman–Crippen MR) is 114 cm³/mol. The summed E-state index contributed by atoms with van der Waals surface area (Å²) in [5.74, 6) is -0.889. The number of hydrogen-bond acceptors (Lipinski definition) is 8. The second-order valence-electron chi connectivity index (χ2n) is 6.67. The summed E-state index contributed by atoms with van der Waals surface area (Å²) in [6.07, 6.45) is -7.10. The molecule has 2 aromatic carbocycles. The van der Waals surface area contributed by atoms with Crippen LogP contribution in [0.2, 0.25) is 10.0 Å². The molecule has 0 aromatic heterocycles. The van der Waals surface area contributed by atoms with Crippen LogP contribution in [0.1, 0.15) is 5.56 Å². The third-order valence-electron chi connectivity index (χ3n) is 4.45. The van der Waals surface area contributed by atoms with E-state index in [2.05, 4.69) is 10.1 Å². The zero-order valence-corrected chi connectivity index (χ0v) is 17.6. The fourth-order valence-corrected chi connectivity index (χ4v) is 3.28. The van der Waals surface area contributed by atoms with Gasteiger partial charge in [-0.25, -0.2) is 0 Å². The maximum atomic E-state index is 10.8. The molecule has 0 saturated carbocycles. The summed E-state index contributed by atoms with van der Waals surface area (Å²) in [4.78, 5) is 10.8. The Hall–Kier alpha value is -1.95. The molecular weight excluding hydrogens is 453 g/mol. The number of hydrogen-bond donors (Lipinski definition) is 7. The van der Waals surface area contributed by atoms with Crippen molar-refractivity contribution in [3.8, 4) is 0 Å². The minimum atomic E-state index is -1.57. The molecule has 7 N–H and O–H groups in total. The molecule has 31 heavy (non-hydrogen) atoms. The second kappa shape index (κ2) is 11.6. The highest BCUT2D eigenvalue weighted by Gasteiger charge is 2.42. The minimum Gasteiger partial charge on any atom is -0.481 e. The number of carboxylic acids is 1. The molecule has 1 aliphatic heterocycles. The zero-order chi connectivity index (χ0) is 23.1. The Labute approximate surface area is 188 Å². The molecule has 3 rings (SSSR count). The lowest BCUT2D eigenvalue weighted by atomic mass is 10.00. The average molecular weight is 476 g/mol. The molecular formula is C20H23Cl2NO8. The van der Waals surface area contributed by atoms with Crippen LogP contribution in [-0.4, -0.2) is 73.9 Å². The molecule has 0 amide bonds. The number of aliphatic carboxylic acids is 1. The predicted octanol–water partition coefficient (Wildman–Crippen LogP) is 1.14. The maximum Gasteiger partial charge on any atom is 0.307 e. The molecule has 170 valence electrons. The molecule has 9 nitrogen and oxygen atoms in total. The molecule has 11 heteroatoms. The van der Waals surface area contributed by atoms with Crippen molar-refractivity contribution in [2.24, 2.45) is 0 Å². The molecule has 0 spiro atoms. The molecule has 0 radical (unpaired) electrons. The Balaban J connectivity index is 0.000000245. The lowest BCUT2D eigenvalue weighted by Crippen LogP contribution is -2.58. The number of aliphatic hydroxyl groups excluding tert-OH is 5. The van der Waals surface area contributed by atoms with E-state index in [4.69, 9.17) is 53.8 Å². The van der Waals surface area contributed by atoms with E-state index in [1.54, 1.807) is 36.4 Å². The van der Waals surface area contributed by atoms with E-state index in [1.165, 1.54) is 0 Å². The van der Waals surface area contributed by atoms with Crippen molar-refractivity contribution in [3.05, 3.63) is 58.1 Å². The van der Waals surface area contributed by atoms with Gasteiger partial charge in [-0.1, -0.05) is 47.5 Å². The molecule has 2 aromatic rings. The first-order valence-corrected chi connectivity index (χ1v) is 9.90. The van der Waals surface area contributed by atoms with Gasteiger partial charge in [0.05, 0.1) is 28.8 Å². The number of ether oxygens (including phenoxy) is 1. The number of nitrogens with one attached hydrogen (secondary N) is 1. The Morgan fingerprint density at radius 2 is 1.55 bits per heavy atom. The van der Waals surface area contributed by atoms with Crippen LogP contribution in [0.4, 0.5) is 11.4 Å². The van der Waals surface area contributed by atoms with Crippen LogP contribution in [-0.2, 0) is 16.0 Å². The SMILES string of the molecule is O=C(O)Cc1ccccc1Nc1c(Cl)cccc1Cl.OC[C@H]1OC(O)[C@H](O)[C@@H](O)[C@@H]1O. The quantitative estimate of drug-likeness (QED) is 0.336. The summed E-state index contributed by atoms with van der Waals surface area (Å²) in [5.41, 5.74) is 1.93. The first-order valence-electron chi connectivity index (χ1n) is 9.15. The third kappa shape index (κ3) is 6.76. The third-order valence-corrected chi connectivity index (χ3v) is 5.08. The van der Waals surface area contributed by atoms with Crippen molar-refractivity contribution in [1.82, 2.24) is 0 Å². The minimum absolute atomic E-state index is 0.0642. The van der Waals surface area contributed by atoms with Gasteiger partial charge in [-0.2, -0.15) is 0 Å². The lowest BCUT2D eigenvalue weighted by Gasteiger charge is -2.37. The van der Waals surface area contributed by atoms with Gasteiger partial charge < -0.3 is 40.7 Å². The van der Waals surface area contributed by atoms with Crippen molar-refractivity contribution in [2.45, 2.75) is 37.1 Å². The summed E-state index contributed by atoms with van der Waals surface area (Å²) in [6.45, 7) is -0.526. The lowest BCUT2D eigenvalue weighted by molar-refractivity contribution is -0.286. The number of halogens is 2. The Bertz CT molecular complexity index is 859. The van der Waals surface area contributed by atoms with E-state index in [0.717, 1.165) is 0 Å². The number of rotatable bonds is 5. The fourth-order valence-electron chi connectivity index (χ4n) is 2.79. The zero-order valence-electron chi connectivity index (χ0n) is 16.1. The van der Waals surface area contributed by atoms with E-state index in [1.807, 2.05) is 6.07 Å². The van der Waals surface area contributed by atoms with Gasteiger partial charge in [0, 0.05) is 5.69 Å². The topological polar surface area (TPSA) is 160 Å². The van der Waals surface area contributed by atoms with Crippen LogP contribution in [0.3, 0.4) is 0 Å². The van der Waals surface area contributed by atoms with Crippen LogP contribution >= 0.6 is 23.2 Å². The van der Waals surface area contributed by atoms with E-state index in [-0.39, 0.29) is 6.42 Å². The van der Waals surface area contributed by atoms with E-state index in [0.29, 0.717) is 27.0 Å². The van der Waals surface area contributed by atoms with Gasteiger partial charge in [0.2, 0.25) is 0 Å². The van der Waals surface area contributed by atoms with Crippen molar-refractivity contribution in [1.29, 1.82) is 0 Å². The molecule has 1 saturated heterocycles. The van der Waals surface area contributed by atoms with Crippen LogP contribution < -0.4 is 5.32 Å². The highest BCUT2D eigenvalue weighted by Crippen LogP contribution is 2.33. The average Bonchev–Trinajstić information content (AvgIpc) is 2.73. The summed E-state index contributed by atoms with van der Waals surface area (Å²) in [5, 5.41) is 57.6. The van der Waals surface area contributed by atoms with Crippen molar-refractivity contribution in [3.63, 3.8) is 0 Å². The van der Waals surface area contributed by atoms with Crippen LogP contribution in [0, 0.1) is 0 Å². The van der Waals surface area contributed by atoms with Crippen molar-refractivity contribution >= 4 is 40.5 Å². The maximum absolute atomic E-state index is 10.8. The summed E-state index contributed by atoms with van der Waals surface area (Å²) >= 11 is 12.1. The summed E-state index contributed by atoms with van der Waals surface area (Å²) in [7, 11) is 0. The van der Waals surface area contributed by atoms with Gasteiger partial charge in [0.25, 0.3) is 0 Å². The highest BCUT2D eigenvalue weighted by atomic mass is 35.5. The van der Waals surface area contributed by atoms with Crippen LogP contribution in [0.5, 0.6) is 0 Å². The number of aliphatic hydroxyl groups is 5. The molecule has 1 fully saturated rings. The first-order chi connectivity index (χ1) is 14.6. The van der Waals surface area contributed by atoms with Crippen molar-refractivity contribution in [2.75, 3.05) is 11.9 Å². The fraction of sp³-hybridized carbons (Fsp3) is 0.350. The van der Waals surface area contributed by atoms with Gasteiger partial charge in [0.1, 0.15) is 24.4 Å². The summed E-state index contributed by atoms with van der Waals surface area (Å²) < 4.78 is 4.58. The molecule has 1 aliphatic rings. The number of para-hydroxylation sites is 2. The van der Waals surface area contributed by atoms with Gasteiger partial charge in [-0.15, -0.1) is 0 Å². The van der Waals surface area contributed by atoms with Gasteiger partial charge in [0.15, 0.2) is 6.29 Å². The Morgan fingerprint density at radius 1 is 0.935 bits per heavy atom. The number of benzene rings is 2. The van der Waals surface area contributed by atoms with Gasteiger partial charge in [-0.05, 0) is 23.8 Å². The summed E-state index contributed by atoms with van der Waals surface area (Å²) in [6, 6.07) is 12.3. The van der Waals surface area contributed by atoms with Gasteiger partial charge in [-0.3, -0.25) is 4.79 Å². The second-order valence-corrected chi connectivity index (χ2v) is 7.48. The van der Waals surface area contributed by atoms with E-state index < -0.39 is 43.3 Å². The van der Waals surface area contributed by atoms with Gasteiger partial charge >= 0.3 is 5.97 Å².